The molecule has 1 aromatic heterocycles. The summed E-state index contributed by atoms with van der Waals surface area (Å²) in [7, 11) is 0. The van der Waals surface area contributed by atoms with Crippen LogP contribution in [-0.4, -0.2) is 39.7 Å². The number of hydrogen-bond acceptors (Lipinski definition) is 3. The Morgan fingerprint density at radius 1 is 0.972 bits per heavy atom. The third kappa shape index (κ3) is 6.33. The molecule has 0 fully saturated rings. The van der Waals surface area contributed by atoms with Gasteiger partial charge in [0, 0.05) is 23.7 Å². The van der Waals surface area contributed by atoms with Crippen LogP contribution in [0.4, 0.5) is 16.3 Å². The summed E-state index contributed by atoms with van der Waals surface area (Å²) in [5, 5.41) is 10.8. The third-order valence-electron chi connectivity index (χ3n) is 6.29. The van der Waals surface area contributed by atoms with Crippen LogP contribution in [0.25, 0.3) is 5.69 Å². The van der Waals surface area contributed by atoms with Crippen molar-refractivity contribution in [1.29, 1.82) is 0 Å². The number of benzene rings is 2. The molecule has 2 aromatic carbocycles. The molecule has 2 N–H and O–H groups in total. The number of carbonyl (C=O) groups is 2. The Hall–Kier alpha value is -3.61. The minimum atomic E-state index is -0.294. The second-order valence-electron chi connectivity index (χ2n) is 10.5. The summed E-state index contributed by atoms with van der Waals surface area (Å²) in [6.45, 7) is 16.7. The Labute approximate surface area is 214 Å². The Kier molecular flexibility index (Phi) is 8.23. The van der Waals surface area contributed by atoms with Crippen LogP contribution in [-0.2, 0) is 10.2 Å². The van der Waals surface area contributed by atoms with E-state index < -0.39 is 0 Å². The summed E-state index contributed by atoms with van der Waals surface area (Å²) in [6.07, 6.45) is 0.738. The predicted molar refractivity (Wildman–Crippen MR) is 147 cm³/mol. The van der Waals surface area contributed by atoms with Crippen molar-refractivity contribution in [3.8, 4) is 5.69 Å². The smallest absolute Gasteiger partial charge is 0.315 e. The van der Waals surface area contributed by atoms with E-state index in [4.69, 9.17) is 5.10 Å². The summed E-state index contributed by atoms with van der Waals surface area (Å²) in [4.78, 5) is 27.8. The number of urea groups is 1. The van der Waals surface area contributed by atoms with Crippen LogP contribution in [0.15, 0.2) is 42.5 Å². The molecule has 0 bridgehead atoms. The highest BCUT2D eigenvalue weighted by atomic mass is 16.2. The van der Waals surface area contributed by atoms with Gasteiger partial charge in [-0.2, -0.15) is 5.10 Å². The predicted octanol–water partition coefficient (Wildman–Crippen LogP) is 6.29. The lowest BCUT2D eigenvalue weighted by Crippen LogP contribution is -2.41. The highest BCUT2D eigenvalue weighted by molar-refractivity contribution is 5.97. The maximum Gasteiger partial charge on any atom is 0.322 e. The Morgan fingerprint density at radius 2 is 1.69 bits per heavy atom. The van der Waals surface area contributed by atoms with Crippen LogP contribution in [0, 0.1) is 27.7 Å². The summed E-state index contributed by atoms with van der Waals surface area (Å²) in [5.74, 6) is 0.316. The van der Waals surface area contributed by atoms with Crippen molar-refractivity contribution < 1.29 is 9.59 Å². The molecule has 0 saturated carbocycles. The van der Waals surface area contributed by atoms with Gasteiger partial charge in [0.1, 0.15) is 12.4 Å². The SMILES string of the molecule is CCCN(CC(=O)Nc1cc(C(C)(C)C)nn1-c1cccc(C)c1C)C(=O)Nc1ccc(C)cc1C. The second-order valence-corrected chi connectivity index (χ2v) is 10.5. The molecular formula is C29H39N5O2. The van der Waals surface area contributed by atoms with Gasteiger partial charge in [-0.3, -0.25) is 4.79 Å². The zero-order valence-corrected chi connectivity index (χ0v) is 22.8. The first-order chi connectivity index (χ1) is 16.9. The van der Waals surface area contributed by atoms with Crippen LogP contribution in [0.1, 0.15) is 62.1 Å². The lowest BCUT2D eigenvalue weighted by atomic mass is 9.92. The molecule has 7 nitrogen and oxygen atoms in total. The van der Waals surface area contributed by atoms with Gasteiger partial charge in [-0.1, -0.05) is 57.5 Å². The quantitative estimate of drug-likeness (QED) is 0.410. The van der Waals surface area contributed by atoms with Gasteiger partial charge >= 0.3 is 6.03 Å². The number of nitrogens with one attached hydrogen (secondary N) is 2. The maximum absolute atomic E-state index is 13.2. The summed E-state index contributed by atoms with van der Waals surface area (Å²) in [5.41, 5.74) is 6.70. The molecule has 0 aliphatic rings. The van der Waals surface area contributed by atoms with E-state index in [9.17, 15) is 9.59 Å². The van der Waals surface area contributed by atoms with Gasteiger partial charge in [-0.25, -0.2) is 9.48 Å². The van der Waals surface area contributed by atoms with E-state index >= 15 is 0 Å². The van der Waals surface area contributed by atoms with Gasteiger partial charge < -0.3 is 15.5 Å². The number of carbonyl (C=O) groups excluding carboxylic acids is 2. The molecular weight excluding hydrogens is 450 g/mol. The molecule has 0 spiro atoms. The molecule has 0 aliphatic heterocycles. The Balaban J connectivity index is 1.84. The number of rotatable bonds is 7. The zero-order chi connectivity index (χ0) is 26.6. The van der Waals surface area contributed by atoms with E-state index in [1.165, 1.54) is 4.90 Å². The molecule has 36 heavy (non-hydrogen) atoms. The van der Waals surface area contributed by atoms with Crippen LogP contribution >= 0.6 is 0 Å². The fourth-order valence-electron chi connectivity index (χ4n) is 4.01. The molecule has 0 unspecified atom stereocenters. The topological polar surface area (TPSA) is 79.3 Å². The number of aromatic nitrogens is 2. The maximum atomic E-state index is 13.2. The summed E-state index contributed by atoms with van der Waals surface area (Å²) in [6, 6.07) is 13.5. The zero-order valence-electron chi connectivity index (χ0n) is 22.8. The fraction of sp³-hybridized carbons (Fsp3) is 0.414. The lowest BCUT2D eigenvalue weighted by Gasteiger charge is -2.23. The van der Waals surface area contributed by atoms with E-state index in [-0.39, 0.29) is 23.9 Å². The normalized spacial score (nSPS) is 11.3. The number of nitrogens with zero attached hydrogens (tertiary/aromatic N) is 3. The monoisotopic (exact) mass is 489 g/mol. The lowest BCUT2D eigenvalue weighted by molar-refractivity contribution is -0.116. The van der Waals surface area contributed by atoms with E-state index in [2.05, 4.69) is 51.3 Å². The Morgan fingerprint density at radius 3 is 2.33 bits per heavy atom. The minimum absolute atomic E-state index is 0.0621. The third-order valence-corrected chi connectivity index (χ3v) is 6.29. The highest BCUT2D eigenvalue weighted by Gasteiger charge is 2.24. The average Bonchev–Trinajstić information content (AvgIpc) is 3.21. The van der Waals surface area contributed by atoms with Gasteiger partial charge in [0.05, 0.1) is 11.4 Å². The number of anilines is 2. The summed E-state index contributed by atoms with van der Waals surface area (Å²) < 4.78 is 1.79. The summed E-state index contributed by atoms with van der Waals surface area (Å²) >= 11 is 0. The highest BCUT2D eigenvalue weighted by Crippen LogP contribution is 2.28. The van der Waals surface area contributed by atoms with Crippen molar-refractivity contribution >= 4 is 23.4 Å². The first-order valence-corrected chi connectivity index (χ1v) is 12.5. The van der Waals surface area contributed by atoms with Crippen LogP contribution in [0.2, 0.25) is 0 Å². The van der Waals surface area contributed by atoms with Gasteiger partial charge in [-0.15, -0.1) is 0 Å². The van der Waals surface area contributed by atoms with Crippen molar-refractivity contribution in [2.75, 3.05) is 23.7 Å². The largest absolute Gasteiger partial charge is 0.322 e. The Bertz CT molecular complexity index is 1250. The van der Waals surface area contributed by atoms with Gasteiger partial charge in [0.15, 0.2) is 0 Å². The van der Waals surface area contributed by atoms with E-state index in [0.717, 1.165) is 45.7 Å². The van der Waals surface area contributed by atoms with E-state index in [0.29, 0.717) is 12.4 Å². The first kappa shape index (κ1) is 27.0. The van der Waals surface area contributed by atoms with E-state index in [1.54, 1.807) is 4.68 Å². The minimum Gasteiger partial charge on any atom is -0.315 e. The van der Waals surface area contributed by atoms with Crippen LogP contribution in [0.5, 0.6) is 0 Å². The van der Waals surface area contributed by atoms with Gasteiger partial charge in [0.2, 0.25) is 5.91 Å². The molecule has 0 aliphatic carbocycles. The molecule has 3 aromatic rings. The molecule has 3 amide bonds. The number of amides is 3. The van der Waals surface area contributed by atoms with Crippen molar-refractivity contribution in [2.24, 2.45) is 0 Å². The molecule has 7 heteroatoms. The van der Waals surface area contributed by atoms with Gasteiger partial charge in [-0.05, 0) is 62.9 Å². The first-order valence-electron chi connectivity index (χ1n) is 12.5. The fourth-order valence-corrected chi connectivity index (χ4v) is 4.01. The molecule has 1 heterocycles. The second kappa shape index (κ2) is 11.0. The van der Waals surface area contributed by atoms with E-state index in [1.807, 2.05) is 57.2 Å². The molecule has 0 radical (unpaired) electrons. The molecule has 3 rings (SSSR count). The van der Waals surface area contributed by atoms with Gasteiger partial charge in [0.25, 0.3) is 0 Å². The van der Waals surface area contributed by atoms with Crippen LogP contribution in [0.3, 0.4) is 0 Å². The molecule has 0 atom stereocenters. The molecule has 192 valence electrons. The van der Waals surface area contributed by atoms with Crippen molar-refractivity contribution in [2.45, 2.75) is 67.2 Å². The molecule has 0 saturated heterocycles. The number of hydrogen-bond donors (Lipinski definition) is 2. The average molecular weight is 490 g/mol. The van der Waals surface area contributed by atoms with Crippen molar-refractivity contribution in [3.63, 3.8) is 0 Å². The van der Waals surface area contributed by atoms with Crippen molar-refractivity contribution in [3.05, 3.63) is 70.4 Å². The standard InChI is InChI=1S/C29H39N5O2/c1-9-15-33(28(36)30-23-14-13-19(2)16-21(23)4)18-27(35)31-26-17-25(29(6,7)8)32-34(26)24-12-10-11-20(3)22(24)5/h10-14,16-17H,9,15,18H2,1-8H3,(H,30,36)(H,31,35). The van der Waals surface area contributed by atoms with Crippen molar-refractivity contribution in [1.82, 2.24) is 14.7 Å². The van der Waals surface area contributed by atoms with Crippen LogP contribution < -0.4 is 10.6 Å². The number of aryl methyl sites for hydroxylation is 3.